The molecule has 0 bridgehead atoms. The van der Waals surface area contributed by atoms with E-state index in [-0.39, 0.29) is 22.3 Å². The van der Waals surface area contributed by atoms with Crippen LogP contribution in [0.5, 0.6) is 0 Å². The van der Waals surface area contributed by atoms with Crippen LogP contribution in [0.25, 0.3) is 0 Å². The zero-order valence-electron chi connectivity index (χ0n) is 16.9. The Morgan fingerprint density at radius 1 is 0.629 bits per heavy atom. The van der Waals surface area contributed by atoms with Crippen LogP contribution in [-0.4, -0.2) is 23.6 Å². The Morgan fingerprint density at radius 2 is 1.00 bits per heavy atom. The molecule has 0 unspecified atom stereocenters. The fourth-order valence-corrected chi connectivity index (χ4v) is 4.95. The number of imide groups is 2. The van der Waals surface area contributed by atoms with E-state index >= 15 is 0 Å². The summed E-state index contributed by atoms with van der Waals surface area (Å²) < 4.78 is 42.5. The molecule has 0 N–H and O–H groups in total. The third-order valence-corrected chi connectivity index (χ3v) is 6.91. The molecule has 12 heteroatoms. The van der Waals surface area contributed by atoms with Crippen molar-refractivity contribution >= 4 is 78.5 Å². The summed E-state index contributed by atoms with van der Waals surface area (Å²) in [6.07, 6.45) is -4.95. The third-order valence-electron chi connectivity index (χ3n) is 5.54. The van der Waals surface area contributed by atoms with Gasteiger partial charge in [-0.25, -0.2) is 9.80 Å². The maximum atomic E-state index is 13.8. The Morgan fingerprint density at radius 3 is 1.37 bits per heavy atom. The molecule has 2 aliphatic rings. The first-order valence-corrected chi connectivity index (χ1v) is 11.6. The first kappa shape index (κ1) is 23.7. The van der Waals surface area contributed by atoms with Crippen LogP contribution in [0.4, 0.5) is 24.5 Å². The second-order valence-corrected chi connectivity index (χ2v) is 9.81. The average molecular weight is 629 g/mol. The molecule has 3 aromatic carbocycles. The third kappa shape index (κ3) is 3.60. The molecule has 5 rings (SSSR count). The quantitative estimate of drug-likeness (QED) is 0.305. The Bertz CT molecular complexity index is 1420. The minimum atomic E-state index is -4.95. The van der Waals surface area contributed by atoms with E-state index in [2.05, 4.69) is 31.9 Å². The summed E-state index contributed by atoms with van der Waals surface area (Å²) in [6.45, 7) is 0. The van der Waals surface area contributed by atoms with E-state index in [0.29, 0.717) is 30.9 Å². The molecule has 2 aliphatic heterocycles. The number of alkyl halides is 3. The van der Waals surface area contributed by atoms with Crippen molar-refractivity contribution in [2.75, 3.05) is 9.80 Å². The lowest BCUT2D eigenvalue weighted by molar-refractivity contribution is -0.137. The maximum Gasteiger partial charge on any atom is 0.416 e. The summed E-state index contributed by atoms with van der Waals surface area (Å²) in [7, 11) is 0. The van der Waals surface area contributed by atoms with E-state index in [1.54, 1.807) is 0 Å². The summed E-state index contributed by atoms with van der Waals surface area (Å²) in [4.78, 5) is 53.1. The van der Waals surface area contributed by atoms with Gasteiger partial charge in [-0.2, -0.15) is 13.2 Å². The van der Waals surface area contributed by atoms with E-state index in [4.69, 9.17) is 11.6 Å². The van der Waals surface area contributed by atoms with Crippen molar-refractivity contribution in [3.05, 3.63) is 90.3 Å². The first-order chi connectivity index (χ1) is 16.4. The van der Waals surface area contributed by atoms with Crippen molar-refractivity contribution in [2.24, 2.45) is 0 Å². The fraction of sp³-hybridized carbons (Fsp3) is 0.0435. The van der Waals surface area contributed by atoms with Crippen LogP contribution < -0.4 is 9.80 Å². The van der Waals surface area contributed by atoms with Gasteiger partial charge >= 0.3 is 6.18 Å². The number of anilines is 2. The van der Waals surface area contributed by atoms with E-state index in [9.17, 15) is 32.3 Å². The molecule has 0 atom stereocenters. The molecule has 0 spiro atoms. The van der Waals surface area contributed by atoms with Crippen molar-refractivity contribution in [2.45, 2.75) is 6.18 Å². The summed E-state index contributed by atoms with van der Waals surface area (Å²) in [5.74, 6) is -3.58. The predicted molar refractivity (Wildman–Crippen MR) is 127 cm³/mol. The summed E-state index contributed by atoms with van der Waals surface area (Å²) in [6, 6.07) is 9.51. The van der Waals surface area contributed by atoms with Gasteiger partial charge in [0, 0.05) is 8.95 Å². The Labute approximate surface area is 216 Å². The molecule has 3 aromatic rings. The summed E-state index contributed by atoms with van der Waals surface area (Å²) in [5, 5.41) is -0.542. The number of nitrogens with zero attached hydrogens (tertiary/aromatic N) is 2. The Kier molecular flexibility index (Phi) is 5.42. The summed E-state index contributed by atoms with van der Waals surface area (Å²) in [5.41, 5.74) is -2.64. The first-order valence-electron chi connectivity index (χ1n) is 9.67. The van der Waals surface area contributed by atoms with E-state index in [1.165, 1.54) is 36.4 Å². The van der Waals surface area contributed by atoms with Crippen molar-refractivity contribution in [1.82, 2.24) is 0 Å². The minimum absolute atomic E-state index is 0.0289. The SMILES string of the molecule is O=C1c2ccc(Br)cc2C(=O)N1c1cc(C(F)(F)F)cc(N2C(=O)c3ccc(Br)cc3C2=O)c1Cl. The van der Waals surface area contributed by atoms with Crippen molar-refractivity contribution in [3.8, 4) is 0 Å². The highest BCUT2D eigenvalue weighted by Gasteiger charge is 2.44. The Hall–Kier alpha value is -3.02. The molecule has 0 aliphatic carbocycles. The van der Waals surface area contributed by atoms with Crippen LogP contribution in [0.15, 0.2) is 57.5 Å². The number of fused-ring (bicyclic) bond motifs is 2. The normalized spacial score (nSPS) is 15.3. The molecule has 0 radical (unpaired) electrons. The summed E-state index contributed by atoms with van der Waals surface area (Å²) >= 11 is 12.8. The van der Waals surface area contributed by atoms with Crippen molar-refractivity contribution in [3.63, 3.8) is 0 Å². The second kappa shape index (κ2) is 8.00. The fourth-order valence-electron chi connectivity index (χ4n) is 3.95. The zero-order valence-corrected chi connectivity index (χ0v) is 20.8. The minimum Gasteiger partial charge on any atom is -0.268 e. The molecule has 4 amide bonds. The van der Waals surface area contributed by atoms with Crippen molar-refractivity contribution < 1.29 is 32.3 Å². The van der Waals surface area contributed by atoms with Gasteiger partial charge in [-0.3, -0.25) is 19.2 Å². The average Bonchev–Trinajstić information content (AvgIpc) is 3.17. The number of hydrogen-bond acceptors (Lipinski definition) is 4. The van der Waals surface area contributed by atoms with Gasteiger partial charge in [0.1, 0.15) is 0 Å². The van der Waals surface area contributed by atoms with Gasteiger partial charge in [0.15, 0.2) is 0 Å². The van der Waals surface area contributed by atoms with Gasteiger partial charge in [0.2, 0.25) is 0 Å². The highest BCUT2D eigenvalue weighted by atomic mass is 79.9. The molecule has 35 heavy (non-hydrogen) atoms. The van der Waals surface area contributed by atoms with Crippen LogP contribution in [0.1, 0.15) is 47.0 Å². The van der Waals surface area contributed by atoms with Crippen LogP contribution in [0.2, 0.25) is 5.02 Å². The van der Waals surface area contributed by atoms with Gasteiger partial charge in [-0.1, -0.05) is 43.5 Å². The predicted octanol–water partition coefficient (Wildman–Crippen LogP) is 6.49. The Balaban J connectivity index is 1.71. The monoisotopic (exact) mass is 626 g/mol. The molecule has 0 fully saturated rings. The second-order valence-electron chi connectivity index (χ2n) is 7.60. The largest absolute Gasteiger partial charge is 0.416 e. The molecule has 2 heterocycles. The van der Waals surface area contributed by atoms with Crippen LogP contribution in [0.3, 0.4) is 0 Å². The van der Waals surface area contributed by atoms with Gasteiger partial charge in [-0.15, -0.1) is 0 Å². The zero-order chi connectivity index (χ0) is 25.4. The van der Waals surface area contributed by atoms with Crippen LogP contribution in [0, 0.1) is 0 Å². The highest BCUT2D eigenvalue weighted by Crippen LogP contribution is 2.45. The van der Waals surface area contributed by atoms with Gasteiger partial charge < -0.3 is 0 Å². The lowest BCUT2D eigenvalue weighted by Gasteiger charge is -2.23. The molecular weight excluding hydrogens is 621 g/mol. The van der Waals surface area contributed by atoms with E-state index < -0.39 is 51.8 Å². The molecule has 0 saturated carbocycles. The van der Waals surface area contributed by atoms with Crippen LogP contribution in [-0.2, 0) is 6.18 Å². The molecular formula is C23H8Br2ClF3N2O4. The highest BCUT2D eigenvalue weighted by molar-refractivity contribution is 9.10. The molecule has 176 valence electrons. The number of benzene rings is 3. The number of carbonyl (C=O) groups excluding carboxylic acids is 4. The lowest BCUT2D eigenvalue weighted by Crippen LogP contribution is -2.33. The number of rotatable bonds is 2. The topological polar surface area (TPSA) is 74.8 Å². The van der Waals surface area contributed by atoms with E-state index in [0.717, 1.165) is 0 Å². The van der Waals surface area contributed by atoms with Crippen LogP contribution >= 0.6 is 43.5 Å². The maximum absolute atomic E-state index is 13.8. The number of carbonyl (C=O) groups is 4. The smallest absolute Gasteiger partial charge is 0.268 e. The van der Waals surface area contributed by atoms with Crippen molar-refractivity contribution in [1.29, 1.82) is 0 Å². The molecule has 0 saturated heterocycles. The molecule has 6 nitrogen and oxygen atoms in total. The van der Waals surface area contributed by atoms with E-state index in [1.807, 2.05) is 0 Å². The van der Waals surface area contributed by atoms with Gasteiger partial charge in [0.05, 0.1) is 44.2 Å². The number of amides is 4. The number of halogens is 6. The van der Waals surface area contributed by atoms with Gasteiger partial charge in [-0.05, 0) is 48.5 Å². The molecule has 0 aromatic heterocycles. The lowest BCUT2D eigenvalue weighted by atomic mass is 10.1. The van der Waals surface area contributed by atoms with Gasteiger partial charge in [0.25, 0.3) is 23.6 Å². The standard InChI is InChI=1S/C23H8Br2ClF3N2O4/c24-10-1-3-12-14(7-10)21(34)30(19(12)32)16-5-9(23(27,28)29)6-17(18(16)26)31-20(33)13-4-2-11(25)8-15(13)22(31)35/h1-8H. The number of hydrogen-bond donors (Lipinski definition) is 0.